The van der Waals surface area contributed by atoms with Crippen LogP contribution in [0.2, 0.25) is 0 Å². The number of nitrogens with zero attached hydrogens (tertiary/aromatic N) is 2. The number of hydrogen-bond donors (Lipinski definition) is 1. The van der Waals surface area contributed by atoms with Gasteiger partial charge in [-0.25, -0.2) is 4.98 Å². The van der Waals surface area contributed by atoms with E-state index in [4.69, 9.17) is 0 Å². The molecule has 1 aromatic heterocycles. The van der Waals surface area contributed by atoms with Gasteiger partial charge in [0.2, 0.25) is 0 Å². The molecule has 0 saturated carbocycles. The zero-order valence-electron chi connectivity index (χ0n) is 11.9. The van der Waals surface area contributed by atoms with Gasteiger partial charge in [-0.2, -0.15) is 0 Å². The summed E-state index contributed by atoms with van der Waals surface area (Å²) in [6.45, 7) is 4.81. The summed E-state index contributed by atoms with van der Waals surface area (Å²) in [6, 6.07) is 4.09. The number of amides is 1. The molecule has 0 bridgehead atoms. The molecule has 0 spiro atoms. The van der Waals surface area contributed by atoms with Gasteiger partial charge in [-0.3, -0.25) is 4.79 Å². The van der Waals surface area contributed by atoms with Crippen LogP contribution in [0.4, 0.5) is 0 Å². The summed E-state index contributed by atoms with van der Waals surface area (Å²) in [5.41, 5.74) is 0.530. The Hall–Kier alpha value is -0.940. The van der Waals surface area contributed by atoms with Crippen molar-refractivity contribution in [2.75, 3.05) is 19.6 Å². The van der Waals surface area contributed by atoms with Crippen LogP contribution in [0.1, 0.15) is 43.1 Å². The molecule has 1 aliphatic heterocycles. The molecule has 20 heavy (non-hydrogen) atoms. The maximum absolute atomic E-state index is 12.6. The Bertz CT molecular complexity index is 429. The van der Waals surface area contributed by atoms with E-state index in [2.05, 4.69) is 33.2 Å². The maximum Gasteiger partial charge on any atom is 0.272 e. The van der Waals surface area contributed by atoms with Crippen molar-refractivity contribution >= 4 is 21.8 Å². The van der Waals surface area contributed by atoms with E-state index in [-0.39, 0.29) is 5.91 Å². The third kappa shape index (κ3) is 4.28. The van der Waals surface area contributed by atoms with Gasteiger partial charge in [0.1, 0.15) is 5.69 Å². The van der Waals surface area contributed by atoms with Gasteiger partial charge in [0.05, 0.1) is 0 Å². The highest BCUT2D eigenvalue weighted by Gasteiger charge is 2.22. The lowest BCUT2D eigenvalue weighted by Gasteiger charge is -2.25. The van der Waals surface area contributed by atoms with E-state index < -0.39 is 0 Å². The van der Waals surface area contributed by atoms with Crippen molar-refractivity contribution in [3.8, 4) is 0 Å². The molecule has 0 aromatic carbocycles. The number of halogens is 1. The van der Waals surface area contributed by atoms with Crippen LogP contribution in [0, 0.1) is 0 Å². The first-order valence-corrected chi connectivity index (χ1v) is 8.14. The van der Waals surface area contributed by atoms with Crippen LogP contribution in [0.25, 0.3) is 0 Å². The quantitative estimate of drug-likeness (QED) is 0.866. The van der Waals surface area contributed by atoms with Gasteiger partial charge in [-0.05, 0) is 53.9 Å². The number of pyridine rings is 1. The highest BCUT2D eigenvalue weighted by molar-refractivity contribution is 9.10. The van der Waals surface area contributed by atoms with Crippen LogP contribution >= 0.6 is 15.9 Å². The zero-order valence-corrected chi connectivity index (χ0v) is 13.5. The van der Waals surface area contributed by atoms with Gasteiger partial charge >= 0.3 is 0 Å². The average Bonchev–Trinajstić information content (AvgIpc) is 2.96. The van der Waals surface area contributed by atoms with Gasteiger partial charge in [-0.1, -0.05) is 13.3 Å². The second kappa shape index (κ2) is 7.74. The molecule has 0 radical (unpaired) electrons. The topological polar surface area (TPSA) is 45.2 Å². The summed E-state index contributed by atoms with van der Waals surface area (Å²) >= 11 is 3.35. The van der Waals surface area contributed by atoms with Crippen LogP contribution in [-0.4, -0.2) is 41.5 Å². The Morgan fingerprint density at radius 2 is 2.40 bits per heavy atom. The summed E-state index contributed by atoms with van der Waals surface area (Å²) in [5, 5.41) is 3.46. The number of rotatable bonds is 6. The lowest BCUT2D eigenvalue weighted by Crippen LogP contribution is -2.41. The van der Waals surface area contributed by atoms with E-state index in [0.717, 1.165) is 43.4 Å². The monoisotopic (exact) mass is 339 g/mol. The molecule has 1 aromatic rings. The smallest absolute Gasteiger partial charge is 0.272 e. The highest BCUT2D eigenvalue weighted by Crippen LogP contribution is 2.12. The minimum atomic E-state index is 0.0413. The lowest BCUT2D eigenvalue weighted by molar-refractivity contribution is 0.0733. The highest BCUT2D eigenvalue weighted by atomic mass is 79.9. The average molecular weight is 340 g/mol. The van der Waals surface area contributed by atoms with Crippen LogP contribution in [0.15, 0.2) is 22.8 Å². The van der Waals surface area contributed by atoms with Gasteiger partial charge in [-0.15, -0.1) is 0 Å². The number of carbonyl (C=O) groups excluding carboxylic acids is 1. The van der Waals surface area contributed by atoms with Gasteiger partial charge in [0, 0.05) is 29.8 Å². The third-order valence-corrected chi connectivity index (χ3v) is 4.09. The maximum atomic E-state index is 12.6. The Morgan fingerprint density at radius 1 is 1.55 bits per heavy atom. The minimum Gasteiger partial charge on any atom is -0.336 e. The van der Waals surface area contributed by atoms with Crippen molar-refractivity contribution in [3.63, 3.8) is 0 Å². The summed E-state index contributed by atoms with van der Waals surface area (Å²) in [5.74, 6) is 0.0413. The third-order valence-electron chi connectivity index (χ3n) is 3.62. The Balaban J connectivity index is 2.03. The minimum absolute atomic E-state index is 0.0413. The Labute approximate surface area is 129 Å². The van der Waals surface area contributed by atoms with E-state index in [1.54, 1.807) is 12.3 Å². The summed E-state index contributed by atoms with van der Waals surface area (Å²) < 4.78 is 0.895. The van der Waals surface area contributed by atoms with Crippen molar-refractivity contribution < 1.29 is 4.79 Å². The molecule has 1 saturated heterocycles. The first kappa shape index (κ1) is 15.4. The summed E-state index contributed by atoms with van der Waals surface area (Å²) in [4.78, 5) is 18.7. The van der Waals surface area contributed by atoms with Gasteiger partial charge < -0.3 is 10.2 Å². The van der Waals surface area contributed by atoms with E-state index >= 15 is 0 Å². The van der Waals surface area contributed by atoms with E-state index in [1.165, 1.54) is 6.42 Å². The summed E-state index contributed by atoms with van der Waals surface area (Å²) in [6.07, 6.45) is 6.17. The van der Waals surface area contributed by atoms with Crippen LogP contribution in [-0.2, 0) is 0 Å². The second-order valence-electron chi connectivity index (χ2n) is 5.26. The molecular weight excluding hydrogens is 318 g/mol. The molecule has 1 N–H and O–H groups in total. The molecule has 1 amide bonds. The molecule has 4 nitrogen and oxygen atoms in total. The second-order valence-corrected chi connectivity index (χ2v) is 6.18. The van der Waals surface area contributed by atoms with Crippen molar-refractivity contribution in [3.05, 3.63) is 28.5 Å². The van der Waals surface area contributed by atoms with E-state index in [1.807, 2.05) is 11.0 Å². The first-order chi connectivity index (χ1) is 9.70. The lowest BCUT2D eigenvalue weighted by atomic mass is 10.2. The van der Waals surface area contributed by atoms with Crippen molar-refractivity contribution in [1.82, 2.24) is 15.2 Å². The molecule has 2 heterocycles. The van der Waals surface area contributed by atoms with Crippen molar-refractivity contribution in [2.45, 2.75) is 38.6 Å². The Morgan fingerprint density at radius 3 is 3.00 bits per heavy atom. The molecule has 110 valence electrons. The van der Waals surface area contributed by atoms with E-state index in [0.29, 0.717) is 11.7 Å². The first-order valence-electron chi connectivity index (χ1n) is 7.35. The van der Waals surface area contributed by atoms with Crippen LogP contribution < -0.4 is 5.32 Å². The number of unbranched alkanes of at least 4 members (excludes halogenated alkanes) is 1. The number of nitrogens with one attached hydrogen (secondary N) is 1. The summed E-state index contributed by atoms with van der Waals surface area (Å²) in [7, 11) is 0. The van der Waals surface area contributed by atoms with Crippen LogP contribution in [0.5, 0.6) is 0 Å². The molecule has 1 atom stereocenters. The fraction of sp³-hybridized carbons (Fsp3) is 0.600. The molecule has 0 aliphatic carbocycles. The number of hydrogen-bond acceptors (Lipinski definition) is 3. The number of aromatic nitrogens is 1. The Kier molecular flexibility index (Phi) is 5.98. The largest absolute Gasteiger partial charge is 0.336 e. The van der Waals surface area contributed by atoms with Crippen molar-refractivity contribution in [2.24, 2.45) is 0 Å². The number of carbonyl (C=O) groups is 1. The molecule has 1 aliphatic rings. The molecule has 1 unspecified atom stereocenters. The van der Waals surface area contributed by atoms with E-state index in [9.17, 15) is 4.79 Å². The SMILES string of the molecule is CCCCN(CC1CCCN1)C(=O)c1ccc(Br)cn1. The molecule has 1 fully saturated rings. The predicted molar refractivity (Wildman–Crippen MR) is 83.8 cm³/mol. The fourth-order valence-corrected chi connectivity index (χ4v) is 2.70. The fourth-order valence-electron chi connectivity index (χ4n) is 2.47. The van der Waals surface area contributed by atoms with Crippen LogP contribution in [0.3, 0.4) is 0 Å². The van der Waals surface area contributed by atoms with Crippen molar-refractivity contribution in [1.29, 1.82) is 0 Å². The van der Waals surface area contributed by atoms with Gasteiger partial charge in [0.15, 0.2) is 0 Å². The predicted octanol–water partition coefficient (Wildman–Crippen LogP) is 2.84. The zero-order chi connectivity index (χ0) is 14.4. The normalized spacial score (nSPS) is 18.2. The molecule has 5 heteroatoms. The standard InChI is InChI=1S/C15H22BrN3O/c1-2-3-9-19(11-13-5-4-8-17-13)15(20)14-7-6-12(16)10-18-14/h6-7,10,13,17H,2-5,8-9,11H2,1H3. The van der Waals surface area contributed by atoms with Gasteiger partial charge in [0.25, 0.3) is 5.91 Å². The molecular formula is C15H22BrN3O. The molecule has 2 rings (SSSR count).